The van der Waals surface area contributed by atoms with Crippen LogP contribution in [0.25, 0.3) is 10.8 Å². The zero-order chi connectivity index (χ0) is 17.2. The molecule has 1 amide bonds. The molecule has 0 unspecified atom stereocenters. The molecule has 0 aromatic heterocycles. The van der Waals surface area contributed by atoms with Gasteiger partial charge in [0, 0.05) is 10.0 Å². The second-order valence-electron chi connectivity index (χ2n) is 4.90. The van der Waals surface area contributed by atoms with E-state index in [-0.39, 0.29) is 12.5 Å². The van der Waals surface area contributed by atoms with Crippen molar-refractivity contribution in [1.29, 1.82) is 0 Å². The number of carbonyl (C=O) groups is 2. The molecule has 0 saturated carbocycles. The van der Waals surface area contributed by atoms with Gasteiger partial charge in [-0.05, 0) is 22.9 Å². The lowest BCUT2D eigenvalue weighted by Crippen LogP contribution is -2.30. The van der Waals surface area contributed by atoms with Crippen LogP contribution < -0.4 is 5.32 Å². The van der Waals surface area contributed by atoms with Crippen LogP contribution in [-0.2, 0) is 9.53 Å². The van der Waals surface area contributed by atoms with Crippen LogP contribution in [-0.4, -0.2) is 25.5 Å². The van der Waals surface area contributed by atoms with Gasteiger partial charge in [-0.3, -0.25) is 9.59 Å². The van der Waals surface area contributed by atoms with Gasteiger partial charge >= 0.3 is 5.97 Å². The van der Waals surface area contributed by atoms with Gasteiger partial charge in [-0.25, -0.2) is 0 Å². The smallest absolute Gasteiger partial charge is 0.325 e. The van der Waals surface area contributed by atoms with E-state index in [4.69, 9.17) is 0 Å². The van der Waals surface area contributed by atoms with Crippen molar-refractivity contribution >= 4 is 38.6 Å². The number of rotatable bonds is 4. The molecule has 0 atom stereocenters. The summed E-state index contributed by atoms with van der Waals surface area (Å²) in [5, 5.41) is 4.32. The van der Waals surface area contributed by atoms with Crippen molar-refractivity contribution in [2.75, 3.05) is 13.7 Å². The molecule has 0 saturated heterocycles. The van der Waals surface area contributed by atoms with Crippen LogP contribution in [0, 0.1) is 0 Å². The second kappa shape index (κ2) is 10.0. The first-order valence-corrected chi connectivity index (χ1v) is 8.36. The van der Waals surface area contributed by atoms with E-state index in [1.54, 1.807) is 6.07 Å². The van der Waals surface area contributed by atoms with Crippen molar-refractivity contribution in [1.82, 2.24) is 5.32 Å². The summed E-state index contributed by atoms with van der Waals surface area (Å²) in [7, 11) is 1.28. The molecule has 4 nitrogen and oxygen atoms in total. The lowest BCUT2D eigenvalue weighted by atomic mass is 10.0. The Morgan fingerprint density at radius 2 is 1.65 bits per heavy atom. The van der Waals surface area contributed by atoms with Gasteiger partial charge in [0.1, 0.15) is 6.54 Å². The summed E-state index contributed by atoms with van der Waals surface area (Å²) in [6.45, 7) is 4.22. The summed E-state index contributed by atoms with van der Waals surface area (Å²) in [4.78, 5) is 23.1. The van der Waals surface area contributed by atoms with Crippen molar-refractivity contribution in [2.24, 2.45) is 0 Å². The van der Waals surface area contributed by atoms with Gasteiger partial charge in [-0.2, -0.15) is 0 Å². The summed E-state index contributed by atoms with van der Waals surface area (Å²) in [5.41, 5.74) is 0.530. The zero-order valence-corrected chi connectivity index (χ0v) is 15.3. The normalized spacial score (nSPS) is 9.74. The molecule has 0 bridgehead atoms. The largest absolute Gasteiger partial charge is 0.468 e. The predicted molar refractivity (Wildman–Crippen MR) is 96.6 cm³/mol. The molecule has 0 aliphatic rings. The van der Waals surface area contributed by atoms with Crippen molar-refractivity contribution in [3.8, 4) is 0 Å². The Kier molecular flexibility index (Phi) is 8.33. The Balaban J connectivity index is 0.000000593. The number of ether oxygens (including phenoxy) is 1. The lowest BCUT2D eigenvalue weighted by Gasteiger charge is -2.08. The maximum atomic E-state index is 12.1. The highest BCUT2D eigenvalue weighted by atomic mass is 79.9. The fourth-order valence-electron chi connectivity index (χ4n) is 1.78. The molecule has 1 N–H and O–H groups in total. The standard InChI is InChI=1S/C14H12BrNO3.C4H10/c1-19-13(17)8-16-14(18)11-6-7-12(15)10-5-3-2-4-9(10)11;1-3-4-2/h2-7H,8H2,1H3,(H,16,18);3-4H2,1-2H3. The van der Waals surface area contributed by atoms with Gasteiger partial charge < -0.3 is 10.1 Å². The molecule has 2 aromatic carbocycles. The molecule has 0 aliphatic heterocycles. The Bertz CT molecular complexity index is 668. The third-order valence-electron chi connectivity index (χ3n) is 3.24. The molecule has 2 aromatic rings. The van der Waals surface area contributed by atoms with Crippen molar-refractivity contribution < 1.29 is 14.3 Å². The Morgan fingerprint density at radius 3 is 2.22 bits per heavy atom. The first-order chi connectivity index (χ1) is 11.0. The summed E-state index contributed by atoms with van der Waals surface area (Å²) >= 11 is 3.45. The van der Waals surface area contributed by atoms with E-state index in [1.807, 2.05) is 30.3 Å². The van der Waals surface area contributed by atoms with Crippen molar-refractivity contribution in [3.05, 3.63) is 46.4 Å². The average Bonchev–Trinajstić information content (AvgIpc) is 2.60. The maximum absolute atomic E-state index is 12.1. The third-order valence-corrected chi connectivity index (χ3v) is 3.93. The number of hydrogen-bond donors (Lipinski definition) is 1. The van der Waals surface area contributed by atoms with Gasteiger partial charge in [-0.15, -0.1) is 0 Å². The van der Waals surface area contributed by atoms with Crippen LogP contribution in [0.1, 0.15) is 37.0 Å². The number of nitrogens with one attached hydrogen (secondary N) is 1. The molecule has 0 radical (unpaired) electrons. The van der Waals surface area contributed by atoms with Crippen LogP contribution in [0.2, 0.25) is 0 Å². The fourth-order valence-corrected chi connectivity index (χ4v) is 2.26. The van der Waals surface area contributed by atoms with Crippen LogP contribution in [0.3, 0.4) is 0 Å². The number of esters is 1. The van der Waals surface area contributed by atoms with Gasteiger partial charge in [0.05, 0.1) is 7.11 Å². The van der Waals surface area contributed by atoms with E-state index in [1.165, 1.54) is 20.0 Å². The van der Waals surface area contributed by atoms with Crippen molar-refractivity contribution in [2.45, 2.75) is 26.7 Å². The number of methoxy groups -OCH3 is 1. The number of benzene rings is 2. The van der Waals surface area contributed by atoms with Crippen LogP contribution >= 0.6 is 15.9 Å². The molecule has 124 valence electrons. The minimum Gasteiger partial charge on any atom is -0.468 e. The first-order valence-electron chi connectivity index (χ1n) is 7.57. The molecular formula is C18H22BrNO3. The predicted octanol–water partition coefficient (Wildman–Crippen LogP) is 4.31. The highest BCUT2D eigenvalue weighted by Gasteiger charge is 2.12. The van der Waals surface area contributed by atoms with Crippen LogP contribution in [0.15, 0.2) is 40.9 Å². The van der Waals surface area contributed by atoms with E-state index >= 15 is 0 Å². The summed E-state index contributed by atoms with van der Waals surface area (Å²) in [5.74, 6) is -0.774. The molecule has 0 heterocycles. The summed E-state index contributed by atoms with van der Waals surface area (Å²) in [6, 6.07) is 11.1. The Morgan fingerprint density at radius 1 is 1.04 bits per heavy atom. The zero-order valence-electron chi connectivity index (χ0n) is 13.7. The summed E-state index contributed by atoms with van der Waals surface area (Å²) in [6.07, 6.45) is 2.64. The molecule has 2 rings (SSSR count). The monoisotopic (exact) mass is 379 g/mol. The molecule has 0 fully saturated rings. The Labute approximate surface area is 145 Å². The first kappa shape index (κ1) is 19.2. The second-order valence-corrected chi connectivity index (χ2v) is 5.75. The SMILES string of the molecule is CCCC.COC(=O)CNC(=O)c1ccc(Br)c2ccccc12. The van der Waals surface area contributed by atoms with E-state index in [0.717, 1.165) is 15.2 Å². The minimum absolute atomic E-state index is 0.139. The van der Waals surface area contributed by atoms with Crippen LogP contribution in [0.5, 0.6) is 0 Å². The van der Waals surface area contributed by atoms with Gasteiger partial charge in [0.25, 0.3) is 5.91 Å². The van der Waals surface area contributed by atoms with Crippen LogP contribution in [0.4, 0.5) is 0 Å². The van der Waals surface area contributed by atoms with E-state index in [0.29, 0.717) is 5.56 Å². The Hall–Kier alpha value is -1.88. The third kappa shape index (κ3) is 5.67. The molecule has 0 spiro atoms. The van der Waals surface area contributed by atoms with Gasteiger partial charge in [0.2, 0.25) is 0 Å². The van der Waals surface area contributed by atoms with E-state index in [2.05, 4.69) is 39.8 Å². The van der Waals surface area contributed by atoms with E-state index in [9.17, 15) is 9.59 Å². The summed E-state index contributed by atoms with van der Waals surface area (Å²) < 4.78 is 5.41. The fraction of sp³-hybridized carbons (Fsp3) is 0.333. The highest BCUT2D eigenvalue weighted by molar-refractivity contribution is 9.10. The number of amides is 1. The molecular weight excluding hydrogens is 358 g/mol. The highest BCUT2D eigenvalue weighted by Crippen LogP contribution is 2.26. The van der Waals surface area contributed by atoms with Gasteiger partial charge in [0.15, 0.2) is 0 Å². The van der Waals surface area contributed by atoms with Gasteiger partial charge in [-0.1, -0.05) is 66.9 Å². The minimum atomic E-state index is -0.477. The number of halogens is 1. The maximum Gasteiger partial charge on any atom is 0.325 e. The number of carbonyl (C=O) groups excluding carboxylic acids is 2. The number of fused-ring (bicyclic) bond motifs is 1. The molecule has 0 aliphatic carbocycles. The average molecular weight is 380 g/mol. The number of unbranched alkanes of at least 4 members (excludes halogenated alkanes) is 1. The topological polar surface area (TPSA) is 55.4 Å². The lowest BCUT2D eigenvalue weighted by molar-refractivity contribution is -0.139. The molecule has 23 heavy (non-hydrogen) atoms. The number of hydrogen-bond acceptors (Lipinski definition) is 3. The van der Waals surface area contributed by atoms with E-state index < -0.39 is 5.97 Å². The quantitative estimate of drug-likeness (QED) is 0.805. The molecule has 5 heteroatoms. The van der Waals surface area contributed by atoms with Crippen molar-refractivity contribution in [3.63, 3.8) is 0 Å².